The zero-order valence-corrected chi connectivity index (χ0v) is 16.0. The van der Waals surface area contributed by atoms with Crippen molar-refractivity contribution in [2.45, 2.75) is 32.6 Å². The summed E-state index contributed by atoms with van der Waals surface area (Å²) in [6.45, 7) is 6.43. The summed E-state index contributed by atoms with van der Waals surface area (Å²) in [5.41, 5.74) is 4.46. The first-order valence-electron chi connectivity index (χ1n) is 8.75. The number of piperidine rings is 1. The van der Waals surface area contributed by atoms with E-state index < -0.39 is 0 Å². The van der Waals surface area contributed by atoms with Gasteiger partial charge in [-0.15, -0.1) is 22.7 Å². The summed E-state index contributed by atoms with van der Waals surface area (Å²) >= 11 is 3.69. The summed E-state index contributed by atoms with van der Waals surface area (Å²) < 4.78 is 3.45. The predicted octanol–water partition coefficient (Wildman–Crippen LogP) is 4.76. The Kier molecular flexibility index (Phi) is 3.66. The number of rotatable bonds is 2. The molecule has 0 spiro atoms. The van der Waals surface area contributed by atoms with Gasteiger partial charge in [0.2, 0.25) is 0 Å². The summed E-state index contributed by atoms with van der Waals surface area (Å²) in [6, 6.07) is 4.59. The molecule has 0 unspecified atom stereocenters. The van der Waals surface area contributed by atoms with Gasteiger partial charge in [0, 0.05) is 22.8 Å². The average Bonchev–Trinajstić information content (AvgIpc) is 3.27. The van der Waals surface area contributed by atoms with E-state index in [0.717, 1.165) is 29.4 Å². The summed E-state index contributed by atoms with van der Waals surface area (Å²) in [5, 5.41) is 4.55. The van der Waals surface area contributed by atoms with Crippen LogP contribution in [0.4, 0.5) is 0 Å². The zero-order chi connectivity index (χ0) is 17.0. The lowest BCUT2D eigenvalue weighted by atomic mass is 9.97. The number of hydrogen-bond donors (Lipinski definition) is 1. The first kappa shape index (κ1) is 15.5. The predicted molar refractivity (Wildman–Crippen MR) is 106 cm³/mol. The Labute approximate surface area is 154 Å². The van der Waals surface area contributed by atoms with Crippen molar-refractivity contribution in [1.82, 2.24) is 19.7 Å². The van der Waals surface area contributed by atoms with Crippen LogP contribution >= 0.6 is 22.7 Å². The summed E-state index contributed by atoms with van der Waals surface area (Å²) in [5.74, 6) is 0.712. The van der Waals surface area contributed by atoms with E-state index in [1.54, 1.807) is 0 Å². The van der Waals surface area contributed by atoms with E-state index in [1.165, 1.54) is 38.4 Å². The topological polar surface area (TPSA) is 42.2 Å². The van der Waals surface area contributed by atoms with Crippen LogP contribution in [0.3, 0.4) is 0 Å². The number of imidazole rings is 1. The van der Waals surface area contributed by atoms with Crippen molar-refractivity contribution in [3.8, 4) is 10.6 Å². The number of nitrogens with zero attached hydrogens (tertiary/aromatic N) is 3. The number of aryl methyl sites for hydroxylation is 2. The van der Waals surface area contributed by atoms with Crippen LogP contribution in [0.5, 0.6) is 0 Å². The number of pyridine rings is 1. The molecule has 1 aliphatic rings. The number of fused-ring (bicyclic) bond motifs is 2. The van der Waals surface area contributed by atoms with Crippen molar-refractivity contribution in [3.05, 3.63) is 40.7 Å². The van der Waals surface area contributed by atoms with Crippen LogP contribution in [0.1, 0.15) is 34.9 Å². The molecule has 4 nitrogen and oxygen atoms in total. The molecule has 0 amide bonds. The van der Waals surface area contributed by atoms with Gasteiger partial charge >= 0.3 is 0 Å². The number of thiazole rings is 1. The molecular formula is C19H20N4S2. The zero-order valence-electron chi connectivity index (χ0n) is 14.4. The smallest absolute Gasteiger partial charge is 0.139 e. The molecular weight excluding hydrogens is 348 g/mol. The normalized spacial score (nSPS) is 16.2. The third kappa shape index (κ3) is 2.69. The second-order valence-electron chi connectivity index (χ2n) is 6.89. The molecule has 5 rings (SSSR count). The van der Waals surface area contributed by atoms with Gasteiger partial charge in [0.25, 0.3) is 0 Å². The summed E-state index contributed by atoms with van der Waals surface area (Å²) in [4.78, 5) is 12.2. The lowest BCUT2D eigenvalue weighted by Crippen LogP contribution is -2.26. The van der Waals surface area contributed by atoms with E-state index in [2.05, 4.69) is 46.2 Å². The molecule has 5 heterocycles. The van der Waals surface area contributed by atoms with Gasteiger partial charge in [0.1, 0.15) is 15.5 Å². The maximum Gasteiger partial charge on any atom is 0.139 e. The molecule has 0 aromatic carbocycles. The highest BCUT2D eigenvalue weighted by Gasteiger charge is 2.19. The van der Waals surface area contributed by atoms with E-state index in [9.17, 15) is 0 Å². The van der Waals surface area contributed by atoms with Crippen molar-refractivity contribution in [3.63, 3.8) is 0 Å². The summed E-state index contributed by atoms with van der Waals surface area (Å²) in [6.07, 6.45) is 6.72. The number of thiophene rings is 1. The fraction of sp³-hybridized carbons (Fsp3) is 0.368. The van der Waals surface area contributed by atoms with Gasteiger partial charge in [0.05, 0.1) is 10.4 Å². The molecule has 4 aromatic rings. The molecule has 0 atom stereocenters. The highest BCUT2D eigenvalue weighted by Crippen LogP contribution is 2.40. The third-order valence-electron chi connectivity index (χ3n) is 4.95. The van der Waals surface area contributed by atoms with Crippen molar-refractivity contribution in [1.29, 1.82) is 0 Å². The van der Waals surface area contributed by atoms with Crippen molar-refractivity contribution < 1.29 is 0 Å². The Bertz CT molecular complexity index is 1030. The molecule has 1 aliphatic heterocycles. The van der Waals surface area contributed by atoms with Gasteiger partial charge in [-0.3, -0.25) is 0 Å². The molecule has 0 bridgehead atoms. The Morgan fingerprint density at radius 3 is 2.72 bits per heavy atom. The number of aromatic nitrogens is 3. The Hall–Kier alpha value is -1.76. The van der Waals surface area contributed by atoms with E-state index in [1.807, 2.05) is 29.6 Å². The van der Waals surface area contributed by atoms with E-state index in [0.29, 0.717) is 5.92 Å². The molecule has 4 aromatic heterocycles. The Morgan fingerprint density at radius 1 is 1.08 bits per heavy atom. The minimum atomic E-state index is 0.712. The molecule has 0 radical (unpaired) electrons. The van der Waals surface area contributed by atoms with Gasteiger partial charge in [-0.05, 0) is 63.4 Å². The van der Waals surface area contributed by atoms with Crippen LogP contribution in [-0.2, 0) is 0 Å². The van der Waals surface area contributed by atoms with Crippen LogP contribution in [0.25, 0.3) is 25.7 Å². The molecule has 25 heavy (non-hydrogen) atoms. The molecule has 1 saturated heterocycles. The lowest BCUT2D eigenvalue weighted by Gasteiger charge is -2.21. The minimum Gasteiger partial charge on any atom is -0.317 e. The minimum absolute atomic E-state index is 0.712. The number of hydrogen-bond acceptors (Lipinski definition) is 5. The van der Waals surface area contributed by atoms with Crippen molar-refractivity contribution in [2.24, 2.45) is 0 Å². The maximum atomic E-state index is 4.94. The molecule has 0 aliphatic carbocycles. The third-order valence-corrected chi connectivity index (χ3v) is 7.32. The highest BCUT2D eigenvalue weighted by molar-refractivity contribution is 7.28. The molecule has 1 N–H and O–H groups in total. The largest absolute Gasteiger partial charge is 0.317 e. The second kappa shape index (κ2) is 5.90. The van der Waals surface area contributed by atoms with Crippen molar-refractivity contribution in [2.75, 3.05) is 13.1 Å². The van der Waals surface area contributed by atoms with Gasteiger partial charge in [-0.1, -0.05) is 0 Å². The van der Waals surface area contributed by atoms with Gasteiger partial charge < -0.3 is 9.72 Å². The van der Waals surface area contributed by atoms with Gasteiger partial charge in [-0.2, -0.15) is 0 Å². The lowest BCUT2D eigenvalue weighted by molar-refractivity contribution is 0.465. The van der Waals surface area contributed by atoms with Crippen LogP contribution in [0.15, 0.2) is 24.5 Å². The number of nitrogens with one attached hydrogen (secondary N) is 1. The van der Waals surface area contributed by atoms with Crippen LogP contribution in [0.2, 0.25) is 0 Å². The highest BCUT2D eigenvalue weighted by atomic mass is 32.1. The molecule has 6 heteroatoms. The fourth-order valence-corrected chi connectivity index (χ4v) is 6.07. The van der Waals surface area contributed by atoms with Gasteiger partial charge in [-0.25, -0.2) is 9.97 Å². The Morgan fingerprint density at radius 2 is 1.92 bits per heavy atom. The summed E-state index contributed by atoms with van der Waals surface area (Å²) in [7, 11) is 0. The fourth-order valence-electron chi connectivity index (χ4n) is 3.69. The van der Waals surface area contributed by atoms with Crippen LogP contribution < -0.4 is 5.32 Å². The Balaban J connectivity index is 1.53. The first-order valence-corrected chi connectivity index (χ1v) is 10.4. The molecule has 1 fully saturated rings. The van der Waals surface area contributed by atoms with E-state index >= 15 is 0 Å². The van der Waals surface area contributed by atoms with E-state index in [-0.39, 0.29) is 0 Å². The maximum absolute atomic E-state index is 4.94. The second-order valence-corrected chi connectivity index (χ2v) is 8.98. The van der Waals surface area contributed by atoms with Crippen LogP contribution in [-0.4, -0.2) is 27.5 Å². The quantitative estimate of drug-likeness (QED) is 0.555. The SMILES string of the molecule is Cc1cn2cc(-c3nc4sc(C5CCNCC5)cc4s3)cc(C)c2n1. The van der Waals surface area contributed by atoms with Crippen LogP contribution in [0, 0.1) is 13.8 Å². The standard InChI is InChI=1S/C19H20N4S2/c1-11-7-14(10-23-9-12(2)21-17(11)23)18-22-19-16(25-18)8-15(24-19)13-3-5-20-6-4-13/h7-10,13,20H,3-6H2,1-2H3. The monoisotopic (exact) mass is 368 g/mol. The van der Waals surface area contributed by atoms with E-state index in [4.69, 9.17) is 4.98 Å². The van der Waals surface area contributed by atoms with Crippen molar-refractivity contribution >= 4 is 37.9 Å². The average molecular weight is 369 g/mol. The molecule has 0 saturated carbocycles. The van der Waals surface area contributed by atoms with Gasteiger partial charge in [0.15, 0.2) is 0 Å². The first-order chi connectivity index (χ1) is 12.2. The molecule has 128 valence electrons.